The number of nitrogens with zero attached hydrogens (tertiary/aromatic N) is 2. The first-order chi connectivity index (χ1) is 12.2. The molecule has 2 N–H and O–H groups in total. The van der Waals surface area contributed by atoms with E-state index in [9.17, 15) is 4.79 Å². The largest absolute Gasteiger partial charge is 0.344 e. The lowest BCUT2D eigenvalue weighted by Gasteiger charge is -2.21. The van der Waals surface area contributed by atoms with Crippen LogP contribution in [0.15, 0.2) is 29.3 Å². The van der Waals surface area contributed by atoms with Gasteiger partial charge in [-0.2, -0.15) is 0 Å². The van der Waals surface area contributed by atoms with Crippen LogP contribution < -0.4 is 10.7 Å². The minimum absolute atomic E-state index is 0.0156. The molecule has 1 aliphatic heterocycles. The molecule has 0 bridgehead atoms. The molecule has 0 aromatic carbocycles. The van der Waals surface area contributed by atoms with Crippen LogP contribution in [-0.2, 0) is 0 Å². The first-order valence-corrected chi connectivity index (χ1v) is 10.1. The Kier molecular flexibility index (Phi) is 3.55. The molecule has 128 valence electrons. The number of hydrogen-bond acceptors (Lipinski definition) is 5. The fourth-order valence-corrected chi connectivity index (χ4v) is 5.94. The number of piperidine rings is 1. The second-order valence-corrected chi connectivity index (χ2v) is 8.74. The number of pyridine rings is 1. The van der Waals surface area contributed by atoms with Crippen molar-refractivity contribution in [2.75, 3.05) is 13.1 Å². The van der Waals surface area contributed by atoms with E-state index in [1.165, 1.54) is 22.4 Å². The molecule has 4 aromatic rings. The highest BCUT2D eigenvalue weighted by Crippen LogP contribution is 2.39. The van der Waals surface area contributed by atoms with Gasteiger partial charge in [-0.05, 0) is 44.8 Å². The van der Waals surface area contributed by atoms with Crippen LogP contribution in [0.1, 0.15) is 29.3 Å². The number of aromatic nitrogens is 3. The van der Waals surface area contributed by atoms with Gasteiger partial charge in [0.25, 0.3) is 0 Å². The maximum absolute atomic E-state index is 12.5. The molecule has 4 aromatic heterocycles. The molecule has 1 fully saturated rings. The molecule has 0 spiro atoms. The molecule has 1 saturated heterocycles. The standard InChI is InChI=1S/C18H18N4OS2/c1-10-8-22-9-12(13(23)6-16(22)20-10)17-21-18-15(25-17)7-14(24-18)11-2-4-19-5-3-11/h6-9,11,19-20H,2-5H2,1H3. The van der Waals surface area contributed by atoms with Crippen molar-refractivity contribution in [1.82, 2.24) is 19.7 Å². The van der Waals surface area contributed by atoms with Crippen molar-refractivity contribution in [3.63, 3.8) is 0 Å². The number of thiophene rings is 1. The summed E-state index contributed by atoms with van der Waals surface area (Å²) >= 11 is 3.41. The highest BCUT2D eigenvalue weighted by atomic mass is 32.1. The van der Waals surface area contributed by atoms with E-state index in [1.807, 2.05) is 23.7 Å². The van der Waals surface area contributed by atoms with Crippen molar-refractivity contribution in [1.29, 1.82) is 0 Å². The Balaban J connectivity index is 1.55. The number of aromatic amines is 1. The molecular weight excluding hydrogens is 352 g/mol. The lowest BCUT2D eigenvalue weighted by atomic mass is 9.97. The van der Waals surface area contributed by atoms with Gasteiger partial charge in [0.05, 0.1) is 10.3 Å². The van der Waals surface area contributed by atoms with Crippen LogP contribution in [-0.4, -0.2) is 27.5 Å². The molecule has 7 heteroatoms. The van der Waals surface area contributed by atoms with Crippen LogP contribution in [0.4, 0.5) is 0 Å². The van der Waals surface area contributed by atoms with Gasteiger partial charge in [0, 0.05) is 29.0 Å². The summed E-state index contributed by atoms with van der Waals surface area (Å²) in [7, 11) is 0. The Labute approximate surface area is 152 Å². The van der Waals surface area contributed by atoms with Gasteiger partial charge < -0.3 is 14.7 Å². The Hall–Kier alpha value is -1.96. The number of rotatable bonds is 2. The fourth-order valence-electron chi connectivity index (χ4n) is 3.54. The van der Waals surface area contributed by atoms with Crippen LogP contribution in [0.5, 0.6) is 0 Å². The molecule has 0 atom stereocenters. The van der Waals surface area contributed by atoms with Crippen molar-refractivity contribution >= 4 is 37.9 Å². The van der Waals surface area contributed by atoms with E-state index in [1.54, 1.807) is 28.7 Å². The molecule has 25 heavy (non-hydrogen) atoms. The molecule has 0 saturated carbocycles. The molecule has 1 aliphatic rings. The first kappa shape index (κ1) is 15.3. The van der Waals surface area contributed by atoms with Crippen molar-refractivity contribution in [2.24, 2.45) is 0 Å². The lowest BCUT2D eigenvalue weighted by Crippen LogP contribution is -2.26. The van der Waals surface area contributed by atoms with Crippen LogP contribution in [0, 0.1) is 6.92 Å². The summed E-state index contributed by atoms with van der Waals surface area (Å²) in [6.07, 6.45) is 6.28. The van der Waals surface area contributed by atoms with E-state index in [-0.39, 0.29) is 5.43 Å². The zero-order valence-corrected chi connectivity index (χ0v) is 15.5. The summed E-state index contributed by atoms with van der Waals surface area (Å²) in [6, 6.07) is 3.94. The Bertz CT molecular complexity index is 1100. The third-order valence-corrected chi connectivity index (χ3v) is 7.17. The Morgan fingerprint density at radius 2 is 2.04 bits per heavy atom. The third kappa shape index (κ3) is 2.63. The van der Waals surface area contributed by atoms with E-state index >= 15 is 0 Å². The maximum Gasteiger partial charge on any atom is 0.193 e. The fraction of sp³-hybridized carbons (Fsp3) is 0.333. The van der Waals surface area contributed by atoms with E-state index in [4.69, 9.17) is 4.98 Å². The van der Waals surface area contributed by atoms with Crippen LogP contribution in [0.2, 0.25) is 0 Å². The quantitative estimate of drug-likeness (QED) is 0.565. The Morgan fingerprint density at radius 1 is 1.20 bits per heavy atom. The van der Waals surface area contributed by atoms with Crippen LogP contribution in [0.25, 0.3) is 25.7 Å². The highest BCUT2D eigenvalue weighted by molar-refractivity contribution is 7.28. The van der Waals surface area contributed by atoms with Gasteiger partial charge in [-0.25, -0.2) is 4.98 Å². The minimum Gasteiger partial charge on any atom is -0.344 e. The molecule has 0 radical (unpaired) electrons. The van der Waals surface area contributed by atoms with Crippen molar-refractivity contribution < 1.29 is 0 Å². The molecule has 0 unspecified atom stereocenters. The van der Waals surface area contributed by atoms with Crippen molar-refractivity contribution in [2.45, 2.75) is 25.7 Å². The van der Waals surface area contributed by atoms with Gasteiger partial charge >= 0.3 is 0 Å². The number of hydrogen-bond donors (Lipinski definition) is 2. The predicted molar refractivity (Wildman–Crippen MR) is 104 cm³/mol. The second-order valence-electron chi connectivity index (χ2n) is 6.64. The molecule has 5 nitrogen and oxygen atoms in total. The van der Waals surface area contributed by atoms with Crippen molar-refractivity contribution in [3.8, 4) is 10.6 Å². The normalized spacial score (nSPS) is 16.2. The molecule has 5 rings (SSSR count). The number of H-pyrrole nitrogens is 1. The predicted octanol–water partition coefficient (Wildman–Crippen LogP) is 3.74. The van der Waals surface area contributed by atoms with Gasteiger partial charge in [-0.15, -0.1) is 22.7 Å². The van der Waals surface area contributed by atoms with Crippen LogP contribution in [0.3, 0.4) is 0 Å². The average molecular weight is 371 g/mol. The smallest absolute Gasteiger partial charge is 0.193 e. The molecule has 0 aliphatic carbocycles. The number of fused-ring (bicyclic) bond motifs is 2. The monoisotopic (exact) mass is 370 g/mol. The summed E-state index contributed by atoms with van der Waals surface area (Å²) in [4.78, 5) is 22.9. The van der Waals surface area contributed by atoms with Crippen molar-refractivity contribution in [3.05, 3.63) is 45.3 Å². The number of imidazole rings is 1. The summed E-state index contributed by atoms with van der Waals surface area (Å²) in [5, 5.41) is 4.23. The maximum atomic E-state index is 12.5. The van der Waals surface area contributed by atoms with Gasteiger partial charge in [-0.3, -0.25) is 4.79 Å². The summed E-state index contributed by atoms with van der Waals surface area (Å²) in [5.41, 5.74) is 2.54. The minimum atomic E-state index is 0.0156. The average Bonchev–Trinajstić information content (AvgIpc) is 3.26. The zero-order valence-electron chi connectivity index (χ0n) is 13.8. The zero-order chi connectivity index (χ0) is 17.0. The molecular formula is C18H18N4OS2. The molecule has 0 amide bonds. The first-order valence-electron chi connectivity index (χ1n) is 8.50. The van der Waals surface area contributed by atoms with Gasteiger partial charge in [0.15, 0.2) is 5.43 Å². The third-order valence-electron chi connectivity index (χ3n) is 4.82. The van der Waals surface area contributed by atoms with Gasteiger partial charge in [0.2, 0.25) is 0 Å². The second kappa shape index (κ2) is 5.79. The van der Waals surface area contributed by atoms with E-state index in [0.29, 0.717) is 11.5 Å². The lowest BCUT2D eigenvalue weighted by molar-refractivity contribution is 0.465. The summed E-state index contributed by atoms with van der Waals surface area (Å²) in [5.74, 6) is 0.654. The Morgan fingerprint density at radius 3 is 2.84 bits per heavy atom. The SMILES string of the molecule is Cc1cn2cc(-c3nc4sc(C5CCNCC5)cc4s3)c(=O)cc2[nH]1. The van der Waals surface area contributed by atoms with Gasteiger partial charge in [0.1, 0.15) is 15.5 Å². The molecule has 5 heterocycles. The topological polar surface area (TPSA) is 62.2 Å². The number of thiazole rings is 1. The van der Waals surface area contributed by atoms with E-state index in [0.717, 1.165) is 34.3 Å². The summed E-state index contributed by atoms with van der Waals surface area (Å²) < 4.78 is 3.16. The highest BCUT2D eigenvalue weighted by Gasteiger charge is 2.20. The summed E-state index contributed by atoms with van der Waals surface area (Å²) in [6.45, 7) is 4.18. The number of aryl methyl sites for hydroxylation is 1. The van der Waals surface area contributed by atoms with E-state index < -0.39 is 0 Å². The number of nitrogens with one attached hydrogen (secondary N) is 2. The van der Waals surface area contributed by atoms with Crippen LogP contribution >= 0.6 is 22.7 Å². The van der Waals surface area contributed by atoms with Gasteiger partial charge in [-0.1, -0.05) is 0 Å². The van der Waals surface area contributed by atoms with E-state index in [2.05, 4.69) is 16.4 Å².